The molecule has 3 aromatic rings. The first-order chi connectivity index (χ1) is 11.7. The van der Waals surface area contributed by atoms with Crippen LogP contribution in [0.5, 0.6) is 0 Å². The maximum Gasteiger partial charge on any atom is 0.230 e. The van der Waals surface area contributed by atoms with Gasteiger partial charge in [0.2, 0.25) is 5.91 Å². The van der Waals surface area contributed by atoms with Gasteiger partial charge in [0.05, 0.1) is 5.75 Å². The molecular formula is C20H21NOS2. The number of rotatable bonds is 7. The van der Waals surface area contributed by atoms with Crippen LogP contribution in [0.3, 0.4) is 0 Å². The highest BCUT2D eigenvalue weighted by Crippen LogP contribution is 2.26. The fraction of sp³-hybridized carbons (Fsp3) is 0.250. The Morgan fingerprint density at radius 1 is 1.12 bits per heavy atom. The lowest BCUT2D eigenvalue weighted by Crippen LogP contribution is -2.35. The average Bonchev–Trinajstić information content (AvgIpc) is 2.99. The molecule has 0 aliphatic heterocycles. The molecule has 0 spiro atoms. The Balaban J connectivity index is 1.46. The number of fused-ring (bicyclic) bond motifs is 1. The molecule has 124 valence electrons. The van der Waals surface area contributed by atoms with Crippen molar-refractivity contribution in [1.29, 1.82) is 0 Å². The van der Waals surface area contributed by atoms with Crippen LogP contribution in [0.15, 0.2) is 60.0 Å². The second-order valence-electron chi connectivity index (χ2n) is 5.91. The van der Waals surface area contributed by atoms with E-state index in [9.17, 15) is 4.79 Å². The number of hydrogen-bond donors (Lipinski definition) is 1. The maximum atomic E-state index is 12.1. The van der Waals surface area contributed by atoms with Gasteiger partial charge in [-0.05, 0) is 41.3 Å². The third-order valence-electron chi connectivity index (χ3n) is 3.84. The minimum absolute atomic E-state index is 0.114. The van der Waals surface area contributed by atoms with Gasteiger partial charge in [0.25, 0.3) is 0 Å². The van der Waals surface area contributed by atoms with Crippen LogP contribution in [-0.2, 0) is 17.0 Å². The van der Waals surface area contributed by atoms with Gasteiger partial charge in [-0.3, -0.25) is 4.79 Å². The Morgan fingerprint density at radius 3 is 2.71 bits per heavy atom. The molecule has 24 heavy (non-hydrogen) atoms. The van der Waals surface area contributed by atoms with E-state index in [1.807, 2.05) is 18.2 Å². The van der Waals surface area contributed by atoms with E-state index in [2.05, 4.69) is 54.0 Å². The van der Waals surface area contributed by atoms with Crippen molar-refractivity contribution in [2.75, 3.05) is 5.75 Å². The Bertz CT molecular complexity index is 798. The van der Waals surface area contributed by atoms with Crippen LogP contribution in [0.25, 0.3) is 10.1 Å². The monoisotopic (exact) mass is 355 g/mol. The summed E-state index contributed by atoms with van der Waals surface area (Å²) >= 11 is 3.43. The fourth-order valence-corrected chi connectivity index (χ4v) is 4.50. The van der Waals surface area contributed by atoms with E-state index in [0.29, 0.717) is 5.75 Å². The normalized spacial score (nSPS) is 12.2. The number of amides is 1. The molecule has 1 heterocycles. The molecule has 0 radical (unpaired) electrons. The van der Waals surface area contributed by atoms with Gasteiger partial charge in [-0.1, -0.05) is 48.5 Å². The van der Waals surface area contributed by atoms with Crippen molar-refractivity contribution in [2.24, 2.45) is 0 Å². The summed E-state index contributed by atoms with van der Waals surface area (Å²) in [6.45, 7) is 2.08. The standard InChI is InChI=1S/C20H21NOS2/c1-15(11-17-13-24-19-10-6-5-9-18(17)19)21-20(22)14-23-12-16-7-3-2-4-8-16/h2-10,13,15H,11-12,14H2,1H3,(H,21,22)/t15-/m1/s1. The van der Waals surface area contributed by atoms with Gasteiger partial charge < -0.3 is 5.32 Å². The third-order valence-corrected chi connectivity index (χ3v) is 5.86. The van der Waals surface area contributed by atoms with E-state index in [-0.39, 0.29) is 11.9 Å². The Labute approximate surface area is 151 Å². The minimum atomic E-state index is 0.114. The van der Waals surface area contributed by atoms with Gasteiger partial charge in [0.1, 0.15) is 0 Å². The zero-order valence-electron chi connectivity index (χ0n) is 13.7. The Kier molecular flexibility index (Phi) is 5.94. The third kappa shape index (κ3) is 4.62. The largest absolute Gasteiger partial charge is 0.353 e. The highest BCUT2D eigenvalue weighted by atomic mass is 32.2. The predicted octanol–water partition coefficient (Wildman–Crippen LogP) is 4.88. The smallest absolute Gasteiger partial charge is 0.230 e. The zero-order valence-corrected chi connectivity index (χ0v) is 15.3. The number of thiophene rings is 1. The summed E-state index contributed by atoms with van der Waals surface area (Å²) in [4.78, 5) is 12.1. The van der Waals surface area contributed by atoms with Crippen LogP contribution >= 0.6 is 23.1 Å². The Morgan fingerprint density at radius 2 is 1.88 bits per heavy atom. The molecule has 2 aromatic carbocycles. The van der Waals surface area contributed by atoms with Gasteiger partial charge in [0.15, 0.2) is 0 Å². The van der Waals surface area contributed by atoms with Crippen LogP contribution in [0.2, 0.25) is 0 Å². The van der Waals surface area contributed by atoms with Gasteiger partial charge >= 0.3 is 0 Å². The molecule has 1 atom stereocenters. The highest BCUT2D eigenvalue weighted by molar-refractivity contribution is 7.99. The zero-order chi connectivity index (χ0) is 16.8. The number of nitrogens with one attached hydrogen (secondary N) is 1. The summed E-state index contributed by atoms with van der Waals surface area (Å²) in [5.41, 5.74) is 2.58. The predicted molar refractivity (Wildman–Crippen MR) is 106 cm³/mol. The summed E-state index contributed by atoms with van der Waals surface area (Å²) in [7, 11) is 0. The van der Waals surface area contributed by atoms with Crippen molar-refractivity contribution in [3.05, 3.63) is 71.1 Å². The topological polar surface area (TPSA) is 29.1 Å². The SMILES string of the molecule is C[C@H](Cc1csc2ccccc12)NC(=O)CSCc1ccccc1. The Hall–Kier alpha value is -1.78. The molecule has 1 amide bonds. The van der Waals surface area contributed by atoms with Gasteiger partial charge in [-0.2, -0.15) is 0 Å². The van der Waals surface area contributed by atoms with Crippen molar-refractivity contribution >= 4 is 39.1 Å². The van der Waals surface area contributed by atoms with Crippen molar-refractivity contribution in [3.8, 4) is 0 Å². The lowest BCUT2D eigenvalue weighted by molar-refractivity contribution is -0.119. The van der Waals surface area contributed by atoms with E-state index >= 15 is 0 Å². The average molecular weight is 356 g/mol. The van der Waals surface area contributed by atoms with E-state index in [1.54, 1.807) is 23.1 Å². The lowest BCUT2D eigenvalue weighted by Gasteiger charge is -2.13. The molecule has 1 N–H and O–H groups in total. The van der Waals surface area contributed by atoms with E-state index in [1.165, 1.54) is 21.2 Å². The van der Waals surface area contributed by atoms with Crippen LogP contribution in [-0.4, -0.2) is 17.7 Å². The first kappa shape index (κ1) is 17.1. The van der Waals surface area contributed by atoms with Crippen molar-refractivity contribution in [2.45, 2.75) is 25.1 Å². The molecule has 0 saturated heterocycles. The van der Waals surface area contributed by atoms with Crippen molar-refractivity contribution in [1.82, 2.24) is 5.32 Å². The number of carbonyl (C=O) groups excluding carboxylic acids is 1. The fourth-order valence-electron chi connectivity index (χ4n) is 2.72. The molecule has 0 saturated carbocycles. The minimum Gasteiger partial charge on any atom is -0.353 e. The highest BCUT2D eigenvalue weighted by Gasteiger charge is 2.11. The lowest BCUT2D eigenvalue weighted by atomic mass is 10.1. The molecule has 1 aromatic heterocycles. The second-order valence-corrected chi connectivity index (χ2v) is 7.81. The van der Waals surface area contributed by atoms with E-state index < -0.39 is 0 Å². The molecule has 0 aliphatic rings. The molecule has 0 aliphatic carbocycles. The van der Waals surface area contributed by atoms with Crippen LogP contribution in [0.4, 0.5) is 0 Å². The van der Waals surface area contributed by atoms with Crippen molar-refractivity contribution < 1.29 is 4.79 Å². The molecule has 4 heteroatoms. The number of carbonyl (C=O) groups is 1. The van der Waals surface area contributed by atoms with Crippen molar-refractivity contribution in [3.63, 3.8) is 0 Å². The molecule has 0 unspecified atom stereocenters. The number of thioether (sulfide) groups is 1. The maximum absolute atomic E-state index is 12.1. The van der Waals surface area contributed by atoms with E-state index in [0.717, 1.165) is 12.2 Å². The van der Waals surface area contributed by atoms with Crippen LogP contribution in [0.1, 0.15) is 18.1 Å². The van der Waals surface area contributed by atoms with Gasteiger partial charge in [-0.15, -0.1) is 23.1 Å². The number of hydrogen-bond acceptors (Lipinski definition) is 3. The van der Waals surface area contributed by atoms with Gasteiger partial charge in [-0.25, -0.2) is 0 Å². The molecule has 0 bridgehead atoms. The van der Waals surface area contributed by atoms with Crippen LogP contribution < -0.4 is 5.32 Å². The van der Waals surface area contributed by atoms with E-state index in [4.69, 9.17) is 0 Å². The second kappa shape index (κ2) is 8.36. The summed E-state index contributed by atoms with van der Waals surface area (Å²) in [5.74, 6) is 1.49. The van der Waals surface area contributed by atoms with Gasteiger partial charge in [0, 0.05) is 16.5 Å². The molecule has 2 nitrogen and oxygen atoms in total. The summed E-state index contributed by atoms with van der Waals surface area (Å²) < 4.78 is 1.31. The first-order valence-corrected chi connectivity index (χ1v) is 10.1. The first-order valence-electron chi connectivity index (χ1n) is 8.08. The quantitative estimate of drug-likeness (QED) is 0.654. The summed E-state index contributed by atoms with van der Waals surface area (Å²) in [6.07, 6.45) is 0.874. The molecular weight excluding hydrogens is 334 g/mol. The molecule has 0 fully saturated rings. The summed E-state index contributed by atoms with van der Waals surface area (Å²) in [5, 5.41) is 6.63. The number of benzene rings is 2. The van der Waals surface area contributed by atoms with Crippen LogP contribution in [0, 0.1) is 0 Å². The molecule has 3 rings (SSSR count). The summed E-state index contributed by atoms with van der Waals surface area (Å²) in [6, 6.07) is 18.8.